The molecule has 1 aliphatic carbocycles. The van der Waals surface area contributed by atoms with Crippen LogP contribution in [0.3, 0.4) is 0 Å². The fourth-order valence-electron chi connectivity index (χ4n) is 3.56. The van der Waals surface area contributed by atoms with E-state index in [1.807, 2.05) is 0 Å². The van der Waals surface area contributed by atoms with E-state index in [1.165, 1.54) is 42.7 Å². The molecule has 4 rings (SSSR count). The molecule has 5 nitrogen and oxygen atoms in total. The van der Waals surface area contributed by atoms with E-state index in [9.17, 15) is 13.6 Å². The Hall–Kier alpha value is -2.74. The van der Waals surface area contributed by atoms with E-state index in [0.29, 0.717) is 5.13 Å². The number of anilines is 1. The molecule has 2 atom stereocenters. The number of ether oxygens (including phenoxy) is 1. The Labute approximate surface area is 164 Å². The fraction of sp³-hybridized carbons (Fsp3) is 0.300. The van der Waals surface area contributed by atoms with Gasteiger partial charge in [0.05, 0.1) is 17.3 Å². The van der Waals surface area contributed by atoms with Crippen LogP contribution in [0.25, 0.3) is 10.2 Å². The highest BCUT2D eigenvalue weighted by atomic mass is 32.1. The number of nitrogens with zero attached hydrogens (tertiary/aromatic N) is 1. The lowest BCUT2D eigenvalue weighted by Gasteiger charge is -2.22. The van der Waals surface area contributed by atoms with Gasteiger partial charge < -0.3 is 15.4 Å². The molecule has 0 unspecified atom stereocenters. The highest BCUT2D eigenvalue weighted by molar-refractivity contribution is 7.22. The maximum absolute atomic E-state index is 14.2. The topological polar surface area (TPSA) is 63.2 Å². The zero-order valence-corrected chi connectivity index (χ0v) is 16.0. The number of halogens is 2. The van der Waals surface area contributed by atoms with Crippen molar-refractivity contribution in [2.24, 2.45) is 0 Å². The molecule has 1 heterocycles. The number of rotatable bonds is 5. The Morgan fingerprint density at radius 1 is 1.21 bits per heavy atom. The standard InChI is InChI=1S/C20H19F2N3O2S/c1-27-16-7-2-4-12(22)18(16)19(26)23-13-5-3-6-14(13)24-20-25-15-9-8-11(21)10-17(15)28-20/h2,4,7-10,13-14H,3,5-6H2,1H3,(H,23,26)(H,24,25)/t13-,14-/m1/s1. The van der Waals surface area contributed by atoms with Crippen molar-refractivity contribution in [3.63, 3.8) is 0 Å². The second kappa shape index (κ2) is 7.71. The van der Waals surface area contributed by atoms with Gasteiger partial charge in [0.2, 0.25) is 0 Å². The first-order chi connectivity index (χ1) is 13.5. The predicted molar refractivity (Wildman–Crippen MR) is 105 cm³/mol. The largest absolute Gasteiger partial charge is 0.496 e. The molecule has 0 radical (unpaired) electrons. The zero-order chi connectivity index (χ0) is 19.7. The first kappa shape index (κ1) is 18.6. The molecular formula is C20H19F2N3O2S. The number of hydrogen-bond acceptors (Lipinski definition) is 5. The number of benzene rings is 2. The Morgan fingerprint density at radius 2 is 2.04 bits per heavy atom. The van der Waals surface area contributed by atoms with Gasteiger partial charge in [0, 0.05) is 12.1 Å². The van der Waals surface area contributed by atoms with Crippen molar-refractivity contribution in [3.05, 3.63) is 53.6 Å². The lowest BCUT2D eigenvalue weighted by molar-refractivity contribution is 0.0928. The number of aromatic nitrogens is 1. The summed E-state index contributed by atoms with van der Waals surface area (Å²) in [4.78, 5) is 17.1. The predicted octanol–water partition coefficient (Wildman–Crippen LogP) is 4.35. The minimum Gasteiger partial charge on any atom is -0.496 e. The molecule has 1 fully saturated rings. The highest BCUT2D eigenvalue weighted by Crippen LogP contribution is 2.30. The van der Waals surface area contributed by atoms with Crippen LogP contribution < -0.4 is 15.4 Å². The molecule has 1 aromatic heterocycles. The molecule has 0 saturated heterocycles. The third kappa shape index (κ3) is 3.64. The van der Waals surface area contributed by atoms with Crippen LogP contribution in [0.1, 0.15) is 29.6 Å². The number of amides is 1. The summed E-state index contributed by atoms with van der Waals surface area (Å²) in [6.45, 7) is 0. The van der Waals surface area contributed by atoms with Crippen molar-refractivity contribution in [2.75, 3.05) is 12.4 Å². The highest BCUT2D eigenvalue weighted by Gasteiger charge is 2.31. The van der Waals surface area contributed by atoms with Crippen LogP contribution in [0.5, 0.6) is 5.75 Å². The second-order valence-electron chi connectivity index (χ2n) is 6.71. The molecule has 3 aromatic rings. The number of carbonyl (C=O) groups is 1. The van der Waals surface area contributed by atoms with Gasteiger partial charge in [-0.2, -0.15) is 0 Å². The van der Waals surface area contributed by atoms with Gasteiger partial charge >= 0.3 is 0 Å². The Bertz CT molecular complexity index is 1020. The lowest BCUT2D eigenvalue weighted by atomic mass is 10.1. The minimum atomic E-state index is -0.618. The lowest BCUT2D eigenvalue weighted by Crippen LogP contribution is -2.43. The van der Waals surface area contributed by atoms with Crippen molar-refractivity contribution >= 4 is 32.6 Å². The van der Waals surface area contributed by atoms with Crippen molar-refractivity contribution < 1.29 is 18.3 Å². The van der Waals surface area contributed by atoms with Crippen LogP contribution in [-0.2, 0) is 0 Å². The van der Waals surface area contributed by atoms with Gasteiger partial charge in [-0.1, -0.05) is 17.4 Å². The summed E-state index contributed by atoms with van der Waals surface area (Å²) in [5.74, 6) is -1.21. The van der Waals surface area contributed by atoms with E-state index in [-0.39, 0.29) is 29.2 Å². The summed E-state index contributed by atoms with van der Waals surface area (Å²) < 4.78 is 33.4. The third-order valence-corrected chi connectivity index (χ3v) is 5.86. The molecule has 0 bridgehead atoms. The van der Waals surface area contributed by atoms with E-state index >= 15 is 0 Å². The number of nitrogens with one attached hydrogen (secondary N) is 2. The van der Waals surface area contributed by atoms with E-state index in [0.717, 1.165) is 29.5 Å². The molecule has 146 valence electrons. The normalized spacial score (nSPS) is 19.0. The molecule has 1 saturated carbocycles. The van der Waals surface area contributed by atoms with E-state index < -0.39 is 11.7 Å². The summed E-state index contributed by atoms with van der Waals surface area (Å²) in [7, 11) is 1.40. The number of methoxy groups -OCH3 is 1. The first-order valence-electron chi connectivity index (χ1n) is 9.01. The summed E-state index contributed by atoms with van der Waals surface area (Å²) in [5, 5.41) is 6.94. The van der Waals surface area contributed by atoms with Gasteiger partial charge in [-0.3, -0.25) is 4.79 Å². The number of carbonyl (C=O) groups excluding carboxylic acids is 1. The summed E-state index contributed by atoms with van der Waals surface area (Å²) in [6.07, 6.45) is 2.56. The van der Waals surface area contributed by atoms with Gasteiger partial charge in [-0.25, -0.2) is 13.8 Å². The van der Waals surface area contributed by atoms with Crippen LogP contribution in [0, 0.1) is 11.6 Å². The average Bonchev–Trinajstić information content (AvgIpc) is 3.27. The molecule has 1 aliphatic rings. The van der Waals surface area contributed by atoms with Gasteiger partial charge in [0.15, 0.2) is 5.13 Å². The SMILES string of the molecule is COc1cccc(F)c1C(=O)N[C@@H]1CCC[C@H]1Nc1nc2ccc(F)cc2s1. The third-order valence-electron chi connectivity index (χ3n) is 4.91. The number of thiazole rings is 1. The smallest absolute Gasteiger partial charge is 0.258 e. The summed E-state index contributed by atoms with van der Waals surface area (Å²) >= 11 is 1.37. The maximum atomic E-state index is 14.2. The monoisotopic (exact) mass is 403 g/mol. The molecule has 28 heavy (non-hydrogen) atoms. The van der Waals surface area contributed by atoms with Crippen molar-refractivity contribution in [2.45, 2.75) is 31.3 Å². The molecular weight excluding hydrogens is 384 g/mol. The maximum Gasteiger partial charge on any atom is 0.258 e. The molecule has 8 heteroatoms. The molecule has 0 aliphatic heterocycles. The molecule has 2 aromatic carbocycles. The van der Waals surface area contributed by atoms with Crippen molar-refractivity contribution in [3.8, 4) is 5.75 Å². The van der Waals surface area contributed by atoms with Crippen LogP contribution in [0.4, 0.5) is 13.9 Å². The van der Waals surface area contributed by atoms with Gasteiger partial charge in [-0.05, 0) is 49.6 Å². The average molecular weight is 403 g/mol. The Balaban J connectivity index is 1.50. The van der Waals surface area contributed by atoms with Crippen molar-refractivity contribution in [1.29, 1.82) is 0 Å². The van der Waals surface area contributed by atoms with Crippen LogP contribution in [0.2, 0.25) is 0 Å². The molecule has 1 amide bonds. The quantitative estimate of drug-likeness (QED) is 0.665. The Morgan fingerprint density at radius 3 is 2.86 bits per heavy atom. The minimum absolute atomic E-state index is 0.0351. The van der Waals surface area contributed by atoms with Crippen LogP contribution in [-0.4, -0.2) is 30.1 Å². The second-order valence-corrected chi connectivity index (χ2v) is 7.74. The summed E-state index contributed by atoms with van der Waals surface area (Å²) in [5.41, 5.74) is 0.634. The van der Waals surface area contributed by atoms with Crippen LogP contribution in [0.15, 0.2) is 36.4 Å². The number of fused-ring (bicyclic) bond motifs is 1. The molecule has 0 spiro atoms. The van der Waals surface area contributed by atoms with Crippen molar-refractivity contribution in [1.82, 2.24) is 10.3 Å². The van der Waals surface area contributed by atoms with E-state index in [2.05, 4.69) is 15.6 Å². The first-order valence-corrected chi connectivity index (χ1v) is 9.83. The van der Waals surface area contributed by atoms with E-state index in [1.54, 1.807) is 12.1 Å². The van der Waals surface area contributed by atoms with Gasteiger partial charge in [0.1, 0.15) is 22.9 Å². The van der Waals surface area contributed by atoms with Crippen LogP contribution >= 0.6 is 11.3 Å². The van der Waals surface area contributed by atoms with Gasteiger partial charge in [0.25, 0.3) is 5.91 Å². The fourth-order valence-corrected chi connectivity index (χ4v) is 4.51. The zero-order valence-electron chi connectivity index (χ0n) is 15.2. The van der Waals surface area contributed by atoms with E-state index in [4.69, 9.17) is 4.74 Å². The summed E-state index contributed by atoms with van der Waals surface area (Å²) in [6, 6.07) is 8.58. The molecule has 2 N–H and O–H groups in total. The number of hydrogen-bond donors (Lipinski definition) is 2. The van der Waals surface area contributed by atoms with Gasteiger partial charge in [-0.15, -0.1) is 0 Å². The Kier molecular flexibility index (Phi) is 5.13.